The van der Waals surface area contributed by atoms with Crippen LogP contribution in [0, 0.1) is 0 Å². The Morgan fingerprint density at radius 2 is 2.33 bits per heavy atom. The quantitative estimate of drug-likeness (QED) is 0.752. The Balaban J connectivity index is 2.80. The molecule has 0 saturated carbocycles. The zero-order valence-corrected chi connectivity index (χ0v) is 8.69. The van der Waals surface area contributed by atoms with Gasteiger partial charge in [0.2, 0.25) is 0 Å². The lowest BCUT2D eigenvalue weighted by molar-refractivity contribution is 0.0600. The summed E-state index contributed by atoms with van der Waals surface area (Å²) < 4.78 is 4.56. The third-order valence-corrected chi connectivity index (χ3v) is 1.99. The molecule has 1 rings (SSSR count). The second kappa shape index (κ2) is 5.26. The average molecular weight is 206 g/mol. The van der Waals surface area contributed by atoms with E-state index in [0.717, 1.165) is 11.3 Å². The summed E-state index contributed by atoms with van der Waals surface area (Å²) in [6.45, 7) is 4.39. The number of nitrogens with two attached hydrogens (primary N) is 1. The summed E-state index contributed by atoms with van der Waals surface area (Å²) in [4.78, 5) is 15.2. The van der Waals surface area contributed by atoms with Gasteiger partial charge in [-0.2, -0.15) is 0 Å². The molecule has 1 aromatic rings. The van der Waals surface area contributed by atoms with E-state index >= 15 is 0 Å². The maximum atomic E-state index is 11.1. The number of hydrogen-bond donors (Lipinski definition) is 1. The first-order valence-corrected chi connectivity index (χ1v) is 4.61. The van der Waals surface area contributed by atoms with E-state index in [-0.39, 0.29) is 0 Å². The van der Waals surface area contributed by atoms with Gasteiger partial charge in [-0.1, -0.05) is 6.58 Å². The minimum atomic E-state index is -0.390. The molecule has 0 aliphatic carbocycles. The molecular formula is C11H14N2O2. The highest BCUT2D eigenvalue weighted by molar-refractivity contribution is 5.89. The Hall–Kier alpha value is -1.68. The summed E-state index contributed by atoms with van der Waals surface area (Å²) in [5, 5.41) is 0. The molecule has 0 unspecified atom stereocenters. The fourth-order valence-corrected chi connectivity index (χ4v) is 1.14. The summed E-state index contributed by atoms with van der Waals surface area (Å²) in [5.74, 6) is -0.390. The summed E-state index contributed by atoms with van der Waals surface area (Å²) in [6, 6.07) is 3.40. The second-order valence-corrected chi connectivity index (χ2v) is 3.07. The number of hydrogen-bond acceptors (Lipinski definition) is 4. The van der Waals surface area contributed by atoms with E-state index in [1.165, 1.54) is 13.3 Å². The molecule has 0 aliphatic rings. The molecule has 0 aromatic carbocycles. The first-order valence-electron chi connectivity index (χ1n) is 4.61. The molecule has 4 nitrogen and oxygen atoms in total. The zero-order chi connectivity index (χ0) is 11.3. The highest BCUT2D eigenvalue weighted by atomic mass is 16.5. The molecule has 2 N–H and O–H groups in total. The topological polar surface area (TPSA) is 65.2 Å². The number of nitrogens with zero attached hydrogens (tertiary/aromatic N) is 1. The standard InChI is InChI=1S/C11H14N2O2/c1-8(5-6-12)10-4-3-9(7-13-10)11(14)15-2/h3-4,7H,1,5-6,12H2,2H3. The van der Waals surface area contributed by atoms with Crippen molar-refractivity contribution in [2.45, 2.75) is 6.42 Å². The van der Waals surface area contributed by atoms with Crippen LogP contribution in [0.5, 0.6) is 0 Å². The molecule has 15 heavy (non-hydrogen) atoms. The number of carbonyl (C=O) groups is 1. The van der Waals surface area contributed by atoms with Gasteiger partial charge in [-0.25, -0.2) is 4.79 Å². The number of carbonyl (C=O) groups excluding carboxylic acids is 1. The average Bonchev–Trinajstić information content (AvgIpc) is 2.28. The fourth-order valence-electron chi connectivity index (χ4n) is 1.14. The Bertz CT molecular complexity index is 357. The molecule has 0 saturated heterocycles. The predicted molar refractivity (Wildman–Crippen MR) is 58.3 cm³/mol. The molecule has 4 heteroatoms. The number of aromatic nitrogens is 1. The summed E-state index contributed by atoms with van der Waals surface area (Å²) >= 11 is 0. The van der Waals surface area contributed by atoms with E-state index in [1.54, 1.807) is 12.1 Å². The van der Waals surface area contributed by atoms with Crippen LogP contribution in [0.15, 0.2) is 24.9 Å². The van der Waals surface area contributed by atoms with Crippen molar-refractivity contribution >= 4 is 11.5 Å². The molecule has 0 amide bonds. The first-order chi connectivity index (χ1) is 7.19. The Labute approximate surface area is 88.8 Å². The van der Waals surface area contributed by atoms with E-state index in [2.05, 4.69) is 16.3 Å². The van der Waals surface area contributed by atoms with Crippen LogP contribution in [0.1, 0.15) is 22.5 Å². The van der Waals surface area contributed by atoms with Crippen molar-refractivity contribution in [3.63, 3.8) is 0 Å². The SMILES string of the molecule is C=C(CCN)c1ccc(C(=O)OC)cn1. The van der Waals surface area contributed by atoms with Gasteiger partial charge in [0.15, 0.2) is 0 Å². The molecule has 0 atom stereocenters. The number of rotatable bonds is 4. The Kier molecular flexibility index (Phi) is 4.00. The highest BCUT2D eigenvalue weighted by Crippen LogP contribution is 2.13. The van der Waals surface area contributed by atoms with Crippen LogP contribution < -0.4 is 5.73 Å². The van der Waals surface area contributed by atoms with Gasteiger partial charge in [-0.05, 0) is 30.7 Å². The van der Waals surface area contributed by atoms with Crippen molar-refractivity contribution in [1.29, 1.82) is 0 Å². The van der Waals surface area contributed by atoms with E-state index in [1.807, 2.05) is 0 Å². The number of ether oxygens (including phenoxy) is 1. The molecule has 0 spiro atoms. The van der Waals surface area contributed by atoms with Gasteiger partial charge in [-0.15, -0.1) is 0 Å². The molecule has 0 bridgehead atoms. The van der Waals surface area contributed by atoms with Crippen molar-refractivity contribution in [2.24, 2.45) is 5.73 Å². The van der Waals surface area contributed by atoms with Gasteiger partial charge >= 0.3 is 5.97 Å². The van der Waals surface area contributed by atoms with Crippen LogP contribution >= 0.6 is 0 Å². The van der Waals surface area contributed by atoms with Gasteiger partial charge in [-0.3, -0.25) is 4.98 Å². The smallest absolute Gasteiger partial charge is 0.339 e. The van der Waals surface area contributed by atoms with Gasteiger partial charge in [0.05, 0.1) is 18.4 Å². The van der Waals surface area contributed by atoms with Crippen LogP contribution in [0.25, 0.3) is 5.57 Å². The van der Waals surface area contributed by atoms with Crippen LogP contribution in [0.4, 0.5) is 0 Å². The molecular weight excluding hydrogens is 192 g/mol. The lowest BCUT2D eigenvalue weighted by atomic mass is 10.1. The van der Waals surface area contributed by atoms with Crippen LogP contribution in [0.2, 0.25) is 0 Å². The lowest BCUT2D eigenvalue weighted by Gasteiger charge is -2.04. The van der Waals surface area contributed by atoms with Crippen molar-refractivity contribution < 1.29 is 9.53 Å². The highest BCUT2D eigenvalue weighted by Gasteiger charge is 2.06. The third kappa shape index (κ3) is 2.89. The molecule has 0 fully saturated rings. The van der Waals surface area contributed by atoms with Gasteiger partial charge in [0.1, 0.15) is 0 Å². The number of esters is 1. The van der Waals surface area contributed by atoms with Crippen molar-refractivity contribution in [2.75, 3.05) is 13.7 Å². The molecule has 1 heterocycles. The Morgan fingerprint density at radius 3 is 2.80 bits per heavy atom. The summed E-state index contributed by atoms with van der Waals surface area (Å²) in [5.41, 5.74) is 7.46. The van der Waals surface area contributed by atoms with Gasteiger partial charge < -0.3 is 10.5 Å². The predicted octanol–water partition coefficient (Wildman–Crippen LogP) is 1.23. The van der Waals surface area contributed by atoms with Crippen LogP contribution in [-0.2, 0) is 4.74 Å². The van der Waals surface area contributed by atoms with Crippen molar-refractivity contribution in [3.05, 3.63) is 36.2 Å². The Morgan fingerprint density at radius 1 is 1.60 bits per heavy atom. The van der Waals surface area contributed by atoms with E-state index in [4.69, 9.17) is 5.73 Å². The number of pyridine rings is 1. The molecule has 1 aromatic heterocycles. The van der Waals surface area contributed by atoms with Crippen LogP contribution in [-0.4, -0.2) is 24.6 Å². The van der Waals surface area contributed by atoms with Gasteiger partial charge in [0.25, 0.3) is 0 Å². The maximum Gasteiger partial charge on any atom is 0.339 e. The lowest BCUT2D eigenvalue weighted by Crippen LogP contribution is -2.03. The van der Waals surface area contributed by atoms with Gasteiger partial charge in [0, 0.05) is 6.20 Å². The second-order valence-electron chi connectivity index (χ2n) is 3.07. The summed E-state index contributed by atoms with van der Waals surface area (Å²) in [7, 11) is 1.34. The van der Waals surface area contributed by atoms with E-state index in [0.29, 0.717) is 18.5 Å². The molecule has 0 aliphatic heterocycles. The van der Waals surface area contributed by atoms with E-state index in [9.17, 15) is 4.79 Å². The largest absolute Gasteiger partial charge is 0.465 e. The minimum absolute atomic E-state index is 0.390. The van der Waals surface area contributed by atoms with Crippen molar-refractivity contribution in [3.8, 4) is 0 Å². The normalized spacial score (nSPS) is 9.73. The first kappa shape index (κ1) is 11.4. The molecule has 0 radical (unpaired) electrons. The summed E-state index contributed by atoms with van der Waals surface area (Å²) in [6.07, 6.45) is 2.17. The minimum Gasteiger partial charge on any atom is -0.465 e. The zero-order valence-electron chi connectivity index (χ0n) is 8.69. The van der Waals surface area contributed by atoms with E-state index < -0.39 is 5.97 Å². The fraction of sp³-hybridized carbons (Fsp3) is 0.273. The van der Waals surface area contributed by atoms with Crippen LogP contribution in [0.3, 0.4) is 0 Å². The van der Waals surface area contributed by atoms with Crippen molar-refractivity contribution in [1.82, 2.24) is 4.98 Å². The number of methoxy groups -OCH3 is 1. The third-order valence-electron chi connectivity index (χ3n) is 1.99. The molecule has 80 valence electrons. The maximum absolute atomic E-state index is 11.1. The monoisotopic (exact) mass is 206 g/mol.